The molecule has 0 radical (unpaired) electrons. The van der Waals surface area contributed by atoms with Gasteiger partial charge >= 0.3 is 64.8 Å². The SMILES string of the molecule is CCCCC(=O)N[C@H]1[C@H]([C@H](O)[C@H](O)CO)O[C@](OP(=O)([O-])OC[C@H]2O[C@@H](n3ccc(N)nc3=O)[C@H](O)[C@@H]2O)(C(=O)[O-])C[C@@H]1O.[Na+].[Na+]. The third-order valence-corrected chi connectivity index (χ3v) is 7.99. The van der Waals surface area contributed by atoms with E-state index in [1.807, 2.05) is 0 Å². The van der Waals surface area contributed by atoms with Crippen LogP contribution in [0, 0.1) is 0 Å². The Morgan fingerprint density at radius 2 is 1.93 bits per heavy atom. The summed E-state index contributed by atoms with van der Waals surface area (Å²) in [7, 11) is -5.82. The Kier molecular flexibility index (Phi) is 17.4. The van der Waals surface area contributed by atoms with Gasteiger partial charge in [0.25, 0.3) is 7.82 Å². The van der Waals surface area contributed by atoms with Crippen molar-refractivity contribution in [1.29, 1.82) is 0 Å². The second-order valence-electron chi connectivity index (χ2n) is 10.3. The van der Waals surface area contributed by atoms with Gasteiger partial charge in [-0.25, -0.2) is 4.79 Å². The van der Waals surface area contributed by atoms with E-state index in [0.29, 0.717) is 12.8 Å². The average molecular weight is 700 g/mol. The van der Waals surface area contributed by atoms with E-state index in [2.05, 4.69) is 19.3 Å². The molecule has 23 heteroatoms. The number of anilines is 1. The number of nitrogens with one attached hydrogen (secondary N) is 1. The van der Waals surface area contributed by atoms with Gasteiger partial charge in [-0.15, -0.1) is 0 Å². The van der Waals surface area contributed by atoms with E-state index in [-0.39, 0.29) is 71.4 Å². The number of carboxylic acids is 1. The zero-order valence-corrected chi connectivity index (χ0v) is 30.2. The molecule has 0 bridgehead atoms. The molecule has 1 aromatic heterocycles. The van der Waals surface area contributed by atoms with Gasteiger partial charge in [0.1, 0.15) is 48.4 Å². The van der Waals surface area contributed by atoms with Gasteiger partial charge in [-0.2, -0.15) is 4.98 Å². The largest absolute Gasteiger partial charge is 1.00 e. The molecular formula is C23H35N4Na2O16P. The number of hydrogen-bond donors (Lipinski definition) is 8. The molecule has 20 nitrogen and oxygen atoms in total. The van der Waals surface area contributed by atoms with E-state index >= 15 is 0 Å². The summed E-state index contributed by atoms with van der Waals surface area (Å²) in [5.41, 5.74) is 4.45. The van der Waals surface area contributed by atoms with Crippen LogP contribution in [0.15, 0.2) is 17.1 Å². The van der Waals surface area contributed by atoms with E-state index in [1.165, 1.54) is 6.07 Å². The first-order valence-corrected chi connectivity index (χ1v) is 14.9. The molecule has 11 atom stereocenters. The van der Waals surface area contributed by atoms with Gasteiger partial charge in [-0.1, -0.05) is 13.3 Å². The molecule has 1 unspecified atom stereocenters. The molecule has 3 rings (SSSR count). The van der Waals surface area contributed by atoms with Gasteiger partial charge in [0.05, 0.1) is 25.4 Å². The summed E-state index contributed by atoms with van der Waals surface area (Å²) in [5.74, 6) is -6.55. The summed E-state index contributed by atoms with van der Waals surface area (Å²) in [4.78, 5) is 52.8. The van der Waals surface area contributed by atoms with Crippen molar-refractivity contribution in [3.8, 4) is 0 Å². The molecule has 2 saturated heterocycles. The molecule has 46 heavy (non-hydrogen) atoms. The Bertz CT molecular complexity index is 1280. The van der Waals surface area contributed by atoms with E-state index in [4.69, 9.17) is 15.2 Å². The van der Waals surface area contributed by atoms with Crippen LogP contribution in [-0.2, 0) is 32.7 Å². The van der Waals surface area contributed by atoms with Crippen molar-refractivity contribution in [2.75, 3.05) is 18.9 Å². The maximum atomic E-state index is 12.8. The van der Waals surface area contributed by atoms with Crippen molar-refractivity contribution in [2.24, 2.45) is 0 Å². The number of carbonyl (C=O) groups excluding carboxylic acids is 2. The molecule has 3 heterocycles. The van der Waals surface area contributed by atoms with Crippen molar-refractivity contribution in [2.45, 2.75) is 93.4 Å². The summed E-state index contributed by atoms with van der Waals surface area (Å²) in [6.45, 7) is -0.377. The number of aromatic nitrogens is 2. The van der Waals surface area contributed by atoms with Gasteiger partial charge < -0.3 is 70.5 Å². The molecule has 250 valence electrons. The minimum absolute atomic E-state index is 0. The molecule has 0 aliphatic carbocycles. The number of aliphatic hydroxyl groups is 6. The maximum Gasteiger partial charge on any atom is 1.00 e. The average Bonchev–Trinajstić information content (AvgIpc) is 3.23. The van der Waals surface area contributed by atoms with Gasteiger partial charge in [-0.3, -0.25) is 18.5 Å². The van der Waals surface area contributed by atoms with Crippen LogP contribution in [0.4, 0.5) is 5.82 Å². The van der Waals surface area contributed by atoms with E-state index < -0.39 is 106 Å². The van der Waals surface area contributed by atoms with Crippen LogP contribution >= 0.6 is 7.82 Å². The van der Waals surface area contributed by atoms with E-state index in [1.54, 1.807) is 6.92 Å². The Labute approximate surface area is 306 Å². The zero-order valence-electron chi connectivity index (χ0n) is 25.3. The Hall–Kier alpha value is -0.590. The van der Waals surface area contributed by atoms with Crippen LogP contribution < -0.4 is 85.9 Å². The third-order valence-electron chi connectivity index (χ3n) is 7.01. The Morgan fingerprint density at radius 3 is 2.50 bits per heavy atom. The molecule has 0 saturated carbocycles. The number of aliphatic carboxylic acids is 1. The number of unbranched alkanes of at least 4 members (excludes halogenated alkanes) is 1. The van der Waals surface area contributed by atoms with Gasteiger partial charge in [0.15, 0.2) is 6.23 Å². The first kappa shape index (κ1) is 43.4. The number of nitrogens with zero attached hydrogens (tertiary/aromatic N) is 2. The van der Waals surface area contributed by atoms with Gasteiger partial charge in [0, 0.05) is 19.0 Å². The fourth-order valence-corrected chi connectivity index (χ4v) is 5.60. The normalized spacial score (nSPS) is 31.9. The van der Waals surface area contributed by atoms with Crippen LogP contribution in [0.5, 0.6) is 0 Å². The Balaban J connectivity index is 0.00000529. The first-order valence-electron chi connectivity index (χ1n) is 13.4. The quantitative estimate of drug-likeness (QED) is 0.0659. The molecular weight excluding hydrogens is 665 g/mol. The molecule has 9 N–H and O–H groups in total. The number of amides is 1. The standard InChI is InChI=1S/C23H37N4O16P.2Na/c1-2-3-4-14(31)26-15-10(29)7-23(21(35)36,42-19(15)16(32)11(30)8-28)43-44(38,39)40-9-12-17(33)18(34)20(41-12)27-6-5-13(24)25-22(27)37;;/h5-6,10-12,15-20,28-30,32-34H,2-4,7-9H2,1H3,(H,26,31)(H,35,36)(H,38,39)(H2,24,25,37);;/q;2*+1/p-2/t10-,11+,12+,15+,16+,17+,18+,19+,20+,23+;;/m0../s1. The smallest absolute Gasteiger partial charge is 0.756 e. The number of phosphoric ester groups is 1. The second-order valence-corrected chi connectivity index (χ2v) is 11.6. The topological polar surface area (TPSA) is 329 Å². The van der Waals surface area contributed by atoms with Crippen molar-refractivity contribution >= 4 is 25.5 Å². The fraction of sp³-hybridized carbons (Fsp3) is 0.739. The molecule has 1 amide bonds. The van der Waals surface area contributed by atoms with Crippen LogP contribution in [0.2, 0.25) is 0 Å². The number of aliphatic hydroxyl groups excluding tert-OH is 6. The minimum Gasteiger partial charge on any atom is -0.756 e. The second kappa shape index (κ2) is 18.4. The predicted octanol–water partition coefficient (Wildman–Crippen LogP) is -12.1. The molecule has 2 aliphatic heterocycles. The van der Waals surface area contributed by atoms with E-state index in [9.17, 15) is 59.6 Å². The van der Waals surface area contributed by atoms with Crippen LogP contribution in [0.3, 0.4) is 0 Å². The summed E-state index contributed by atoms with van der Waals surface area (Å²) in [5, 5.41) is 75.7. The van der Waals surface area contributed by atoms with Crippen LogP contribution in [0.1, 0.15) is 38.8 Å². The molecule has 2 aliphatic rings. The predicted molar refractivity (Wildman–Crippen MR) is 137 cm³/mol. The molecule has 0 aromatic carbocycles. The van der Waals surface area contributed by atoms with Crippen molar-refractivity contribution in [3.05, 3.63) is 22.7 Å². The van der Waals surface area contributed by atoms with Gasteiger partial charge in [-0.05, 0) is 12.5 Å². The molecule has 0 spiro atoms. The van der Waals surface area contributed by atoms with E-state index in [0.717, 1.165) is 10.8 Å². The minimum atomic E-state index is -5.82. The van der Waals surface area contributed by atoms with Crippen LogP contribution in [-0.4, -0.2) is 120 Å². The zero-order chi connectivity index (χ0) is 33.0. The number of nitrogens with two attached hydrogens (primary N) is 1. The fourth-order valence-electron chi connectivity index (χ4n) is 4.66. The maximum absolute atomic E-state index is 12.8. The van der Waals surface area contributed by atoms with Gasteiger partial charge in [0.2, 0.25) is 11.7 Å². The summed E-state index contributed by atoms with van der Waals surface area (Å²) >= 11 is 0. The summed E-state index contributed by atoms with van der Waals surface area (Å²) in [6, 6.07) is -0.415. The molecule has 1 aromatic rings. The number of ether oxygens (including phenoxy) is 2. The van der Waals surface area contributed by atoms with Crippen LogP contribution in [0.25, 0.3) is 0 Å². The number of carboxylic acid groups (broad SMARTS) is 1. The van der Waals surface area contributed by atoms with Crippen molar-refractivity contribution in [3.63, 3.8) is 0 Å². The van der Waals surface area contributed by atoms with Crippen molar-refractivity contribution in [1.82, 2.24) is 14.9 Å². The number of hydrogen-bond acceptors (Lipinski definition) is 18. The number of rotatable bonds is 14. The monoisotopic (exact) mass is 700 g/mol. The summed E-state index contributed by atoms with van der Waals surface area (Å²) in [6.07, 6.45) is -14.1. The first-order chi connectivity index (χ1) is 20.6. The number of phosphoric acid groups is 1. The summed E-state index contributed by atoms with van der Waals surface area (Å²) < 4.78 is 33.5. The Morgan fingerprint density at radius 1 is 1.28 bits per heavy atom. The number of carbonyl (C=O) groups is 2. The third kappa shape index (κ3) is 10.5. The van der Waals surface area contributed by atoms with Crippen molar-refractivity contribution < 1.29 is 132 Å². The number of nitrogen functional groups attached to an aromatic ring is 1. The molecule has 2 fully saturated rings.